The smallest absolute Gasteiger partial charge is 0.370 e. The molecule has 1 atom stereocenters. The third-order valence-corrected chi connectivity index (χ3v) is 3.83. The van der Waals surface area contributed by atoms with Crippen LogP contribution in [0.4, 0.5) is 24.8 Å². The van der Waals surface area contributed by atoms with E-state index in [1.54, 1.807) is 4.90 Å². The summed E-state index contributed by atoms with van der Waals surface area (Å²) in [5.74, 6) is -0.139. The lowest BCUT2D eigenvalue weighted by Crippen LogP contribution is -2.24. The SMILES string of the molecule is Nc1nc(C2CCN(c3ccncc3C(F)(F)F)C2)cc(=O)[nH]1. The Kier molecular flexibility index (Phi) is 3.70. The van der Waals surface area contributed by atoms with Crippen molar-refractivity contribution in [2.45, 2.75) is 18.5 Å². The summed E-state index contributed by atoms with van der Waals surface area (Å²) in [5, 5.41) is 0. The van der Waals surface area contributed by atoms with Crippen LogP contribution in [0.5, 0.6) is 0 Å². The topological polar surface area (TPSA) is 87.9 Å². The zero-order chi connectivity index (χ0) is 16.6. The second-order valence-electron chi connectivity index (χ2n) is 5.38. The number of nitrogens with one attached hydrogen (secondary N) is 1. The quantitative estimate of drug-likeness (QED) is 0.878. The van der Waals surface area contributed by atoms with Gasteiger partial charge in [-0.05, 0) is 12.5 Å². The van der Waals surface area contributed by atoms with Gasteiger partial charge in [-0.2, -0.15) is 13.2 Å². The first-order chi connectivity index (χ1) is 10.8. The second-order valence-corrected chi connectivity index (χ2v) is 5.38. The fourth-order valence-corrected chi connectivity index (χ4v) is 2.81. The minimum absolute atomic E-state index is 0.00541. The Morgan fingerprint density at radius 1 is 1.39 bits per heavy atom. The number of H-pyrrole nitrogens is 1. The molecule has 1 aliphatic heterocycles. The van der Waals surface area contributed by atoms with E-state index in [1.165, 1.54) is 18.3 Å². The first kappa shape index (κ1) is 15.3. The number of alkyl halides is 3. The summed E-state index contributed by atoms with van der Waals surface area (Å²) in [6.45, 7) is 0.773. The molecule has 0 aromatic carbocycles. The van der Waals surface area contributed by atoms with Crippen LogP contribution in [0.25, 0.3) is 0 Å². The van der Waals surface area contributed by atoms with Crippen LogP contribution in [0.1, 0.15) is 23.6 Å². The van der Waals surface area contributed by atoms with E-state index in [4.69, 9.17) is 5.73 Å². The fourth-order valence-electron chi connectivity index (χ4n) is 2.81. The van der Waals surface area contributed by atoms with Crippen LogP contribution in [0, 0.1) is 0 Å². The summed E-state index contributed by atoms with van der Waals surface area (Å²) in [6, 6.07) is 2.69. The molecule has 3 heterocycles. The maximum absolute atomic E-state index is 13.1. The van der Waals surface area contributed by atoms with Crippen molar-refractivity contribution >= 4 is 11.6 Å². The van der Waals surface area contributed by atoms with Crippen LogP contribution in [-0.2, 0) is 6.18 Å². The molecule has 1 fully saturated rings. The minimum atomic E-state index is -4.46. The monoisotopic (exact) mass is 325 g/mol. The van der Waals surface area contributed by atoms with E-state index in [-0.39, 0.29) is 23.1 Å². The molecule has 3 rings (SSSR count). The molecule has 6 nitrogen and oxygen atoms in total. The molecule has 0 amide bonds. The summed E-state index contributed by atoms with van der Waals surface area (Å²) in [6.07, 6.45) is -1.71. The molecular formula is C14H14F3N5O. The Labute approximate surface area is 129 Å². The molecule has 122 valence electrons. The van der Waals surface area contributed by atoms with Gasteiger partial charge in [0.05, 0.1) is 16.9 Å². The molecule has 1 unspecified atom stereocenters. The van der Waals surface area contributed by atoms with E-state index in [9.17, 15) is 18.0 Å². The van der Waals surface area contributed by atoms with Crippen molar-refractivity contribution in [2.75, 3.05) is 23.7 Å². The average Bonchev–Trinajstić information content (AvgIpc) is 2.95. The summed E-state index contributed by atoms with van der Waals surface area (Å²) < 4.78 is 39.3. The van der Waals surface area contributed by atoms with Crippen molar-refractivity contribution < 1.29 is 13.2 Å². The fraction of sp³-hybridized carbons (Fsp3) is 0.357. The van der Waals surface area contributed by atoms with Gasteiger partial charge in [0.2, 0.25) is 5.95 Å². The number of pyridine rings is 1. The molecule has 0 saturated carbocycles. The number of nitrogens with two attached hydrogens (primary N) is 1. The molecule has 0 radical (unpaired) electrons. The third kappa shape index (κ3) is 3.13. The van der Waals surface area contributed by atoms with Gasteiger partial charge in [0.15, 0.2) is 0 Å². The maximum Gasteiger partial charge on any atom is 0.419 e. The molecule has 3 N–H and O–H groups in total. The Morgan fingerprint density at radius 2 is 2.17 bits per heavy atom. The minimum Gasteiger partial charge on any atom is -0.370 e. The van der Waals surface area contributed by atoms with Gasteiger partial charge >= 0.3 is 6.18 Å². The van der Waals surface area contributed by atoms with Gasteiger partial charge in [0.1, 0.15) is 0 Å². The van der Waals surface area contributed by atoms with Crippen molar-refractivity contribution in [1.29, 1.82) is 0 Å². The highest BCUT2D eigenvalue weighted by atomic mass is 19.4. The lowest BCUT2D eigenvalue weighted by Gasteiger charge is -2.22. The summed E-state index contributed by atoms with van der Waals surface area (Å²) in [7, 11) is 0. The highest BCUT2D eigenvalue weighted by molar-refractivity contribution is 5.55. The zero-order valence-corrected chi connectivity index (χ0v) is 12.0. The zero-order valence-electron chi connectivity index (χ0n) is 12.0. The molecular weight excluding hydrogens is 311 g/mol. The van der Waals surface area contributed by atoms with Crippen molar-refractivity contribution in [3.8, 4) is 0 Å². The van der Waals surface area contributed by atoms with Crippen LogP contribution in [0.3, 0.4) is 0 Å². The number of aromatic nitrogens is 3. The van der Waals surface area contributed by atoms with Gasteiger partial charge in [-0.1, -0.05) is 0 Å². The summed E-state index contributed by atoms with van der Waals surface area (Å²) >= 11 is 0. The molecule has 1 aliphatic rings. The number of rotatable bonds is 2. The largest absolute Gasteiger partial charge is 0.419 e. The van der Waals surface area contributed by atoms with Crippen LogP contribution < -0.4 is 16.2 Å². The third-order valence-electron chi connectivity index (χ3n) is 3.83. The highest BCUT2D eigenvalue weighted by Crippen LogP contribution is 2.38. The Bertz CT molecular complexity index is 773. The van der Waals surface area contributed by atoms with Crippen molar-refractivity contribution in [3.05, 3.63) is 46.1 Å². The molecule has 2 aromatic rings. The van der Waals surface area contributed by atoms with Crippen LogP contribution in [-0.4, -0.2) is 28.0 Å². The standard InChI is InChI=1S/C14H14F3N5O/c15-14(16,17)9-6-19-3-1-11(9)22-4-2-8(7-22)10-5-12(23)21-13(18)20-10/h1,3,5-6,8H,2,4,7H2,(H3,18,20,21,23). The molecule has 1 saturated heterocycles. The first-order valence-corrected chi connectivity index (χ1v) is 6.97. The van der Waals surface area contributed by atoms with E-state index in [0.29, 0.717) is 25.2 Å². The van der Waals surface area contributed by atoms with Crippen LogP contribution >= 0.6 is 0 Å². The Hall–Kier alpha value is -2.58. The lowest BCUT2D eigenvalue weighted by atomic mass is 10.0. The summed E-state index contributed by atoms with van der Waals surface area (Å²) in [5.41, 5.74) is 4.97. The van der Waals surface area contributed by atoms with Gasteiger partial charge in [-0.3, -0.25) is 14.8 Å². The molecule has 23 heavy (non-hydrogen) atoms. The van der Waals surface area contributed by atoms with Gasteiger partial charge in [0.25, 0.3) is 5.56 Å². The molecule has 9 heteroatoms. The maximum atomic E-state index is 13.1. The normalized spacial score (nSPS) is 18.4. The van der Waals surface area contributed by atoms with Gasteiger partial charge in [0, 0.05) is 37.5 Å². The number of nitrogen functional groups attached to an aromatic ring is 1. The second kappa shape index (κ2) is 5.56. The van der Waals surface area contributed by atoms with E-state index < -0.39 is 11.7 Å². The van der Waals surface area contributed by atoms with Crippen molar-refractivity contribution in [3.63, 3.8) is 0 Å². The summed E-state index contributed by atoms with van der Waals surface area (Å²) in [4.78, 5) is 23.1. The Balaban J connectivity index is 1.87. The van der Waals surface area contributed by atoms with E-state index in [2.05, 4.69) is 15.0 Å². The van der Waals surface area contributed by atoms with Gasteiger partial charge in [-0.25, -0.2) is 4.98 Å². The predicted molar refractivity (Wildman–Crippen MR) is 78.1 cm³/mol. The van der Waals surface area contributed by atoms with Crippen LogP contribution in [0.15, 0.2) is 29.3 Å². The van der Waals surface area contributed by atoms with Gasteiger partial charge in [-0.15, -0.1) is 0 Å². The number of aromatic amines is 1. The number of halogens is 3. The number of nitrogens with zero attached hydrogens (tertiary/aromatic N) is 3. The predicted octanol–water partition coefficient (Wildman–Crippen LogP) is 1.76. The lowest BCUT2D eigenvalue weighted by molar-refractivity contribution is -0.137. The van der Waals surface area contributed by atoms with Crippen molar-refractivity contribution in [2.24, 2.45) is 0 Å². The van der Waals surface area contributed by atoms with E-state index in [1.807, 2.05) is 0 Å². The molecule has 0 bridgehead atoms. The molecule has 0 spiro atoms. The highest BCUT2D eigenvalue weighted by Gasteiger charge is 2.37. The number of hydrogen-bond acceptors (Lipinski definition) is 5. The number of hydrogen-bond donors (Lipinski definition) is 2. The van der Waals surface area contributed by atoms with Gasteiger partial charge < -0.3 is 10.6 Å². The first-order valence-electron chi connectivity index (χ1n) is 6.97. The van der Waals surface area contributed by atoms with E-state index >= 15 is 0 Å². The molecule has 0 aliphatic carbocycles. The average molecular weight is 325 g/mol. The van der Waals surface area contributed by atoms with E-state index in [0.717, 1.165) is 6.20 Å². The van der Waals surface area contributed by atoms with Crippen molar-refractivity contribution in [1.82, 2.24) is 15.0 Å². The Morgan fingerprint density at radius 3 is 2.87 bits per heavy atom. The number of anilines is 2. The molecule has 2 aromatic heterocycles. The van der Waals surface area contributed by atoms with Crippen LogP contribution in [0.2, 0.25) is 0 Å².